The highest BCUT2D eigenvalue weighted by atomic mass is 32.1. The summed E-state index contributed by atoms with van der Waals surface area (Å²) in [7, 11) is 0. The van der Waals surface area contributed by atoms with E-state index in [9.17, 15) is 9.59 Å². The lowest BCUT2D eigenvalue weighted by Crippen LogP contribution is -2.14. The first kappa shape index (κ1) is 14.7. The first-order chi connectivity index (χ1) is 10.6. The number of amides is 1. The van der Waals surface area contributed by atoms with Gasteiger partial charge in [-0.15, -0.1) is 11.3 Å². The molecule has 0 aliphatic heterocycles. The molecule has 0 spiro atoms. The van der Waals surface area contributed by atoms with Crippen molar-refractivity contribution in [3.63, 3.8) is 0 Å². The largest absolute Gasteiger partial charge is 0.478 e. The third kappa shape index (κ3) is 2.74. The smallest absolute Gasteiger partial charge is 0.335 e. The van der Waals surface area contributed by atoms with Gasteiger partial charge < -0.3 is 10.4 Å². The van der Waals surface area contributed by atoms with Crippen LogP contribution in [0.1, 0.15) is 49.7 Å². The van der Waals surface area contributed by atoms with Crippen LogP contribution in [0.25, 0.3) is 0 Å². The topological polar surface area (TPSA) is 79.3 Å². The summed E-state index contributed by atoms with van der Waals surface area (Å²) in [6.07, 6.45) is 5.87. The second-order valence-electron chi connectivity index (χ2n) is 5.35. The second kappa shape index (κ2) is 5.88. The van der Waals surface area contributed by atoms with Gasteiger partial charge in [-0.2, -0.15) is 0 Å². The predicted molar refractivity (Wildman–Crippen MR) is 84.8 cm³/mol. The average Bonchev–Trinajstić information content (AvgIpc) is 2.84. The van der Waals surface area contributed by atoms with Crippen molar-refractivity contribution in [2.45, 2.75) is 32.6 Å². The van der Waals surface area contributed by atoms with Crippen molar-refractivity contribution in [3.05, 3.63) is 45.6 Å². The van der Waals surface area contributed by atoms with Gasteiger partial charge in [0.25, 0.3) is 5.91 Å². The van der Waals surface area contributed by atoms with Crippen LogP contribution in [0.15, 0.2) is 18.3 Å². The van der Waals surface area contributed by atoms with Crippen molar-refractivity contribution in [2.24, 2.45) is 0 Å². The van der Waals surface area contributed by atoms with Gasteiger partial charge >= 0.3 is 5.97 Å². The Morgan fingerprint density at radius 3 is 2.82 bits per heavy atom. The number of pyridine rings is 1. The summed E-state index contributed by atoms with van der Waals surface area (Å²) in [5.41, 5.74) is 2.66. The maximum Gasteiger partial charge on any atom is 0.335 e. The van der Waals surface area contributed by atoms with E-state index in [4.69, 9.17) is 5.11 Å². The Morgan fingerprint density at radius 2 is 2.09 bits per heavy atom. The number of aryl methyl sites for hydroxylation is 1. The zero-order valence-electron chi connectivity index (χ0n) is 12.2. The number of aromatic carboxylic acids is 1. The fourth-order valence-electron chi connectivity index (χ4n) is 2.70. The van der Waals surface area contributed by atoms with Gasteiger partial charge in [-0.3, -0.25) is 9.78 Å². The Hall–Kier alpha value is -2.21. The molecule has 2 aromatic heterocycles. The molecule has 0 saturated carbocycles. The quantitative estimate of drug-likeness (QED) is 0.910. The number of carboxylic acid groups (broad SMARTS) is 1. The first-order valence-corrected chi connectivity index (χ1v) is 7.99. The zero-order chi connectivity index (χ0) is 15.7. The first-order valence-electron chi connectivity index (χ1n) is 7.18. The number of carboxylic acids is 1. The molecule has 5 nitrogen and oxygen atoms in total. The Labute approximate surface area is 132 Å². The Kier molecular flexibility index (Phi) is 3.94. The van der Waals surface area contributed by atoms with Gasteiger partial charge in [0, 0.05) is 11.1 Å². The molecule has 1 amide bonds. The van der Waals surface area contributed by atoms with Crippen LogP contribution in [-0.4, -0.2) is 22.0 Å². The standard InChI is InChI=1S/C16H16N2O3S/c1-9-11-4-2-3-5-13(11)22-15(9)18-14(19)12-8-10(16(20)21)6-7-17-12/h6-8H,2-5H2,1H3,(H,18,19)(H,20,21). The number of carbonyl (C=O) groups excluding carboxylic acids is 1. The molecule has 1 aliphatic carbocycles. The van der Waals surface area contributed by atoms with Crippen molar-refractivity contribution in [2.75, 3.05) is 5.32 Å². The van der Waals surface area contributed by atoms with Crippen LogP contribution >= 0.6 is 11.3 Å². The number of nitrogens with one attached hydrogen (secondary N) is 1. The minimum absolute atomic E-state index is 0.0577. The molecular weight excluding hydrogens is 300 g/mol. The number of thiophene rings is 1. The number of aromatic nitrogens is 1. The van der Waals surface area contributed by atoms with Gasteiger partial charge in [-0.1, -0.05) is 0 Å². The Morgan fingerprint density at radius 1 is 1.32 bits per heavy atom. The number of nitrogens with zero attached hydrogens (tertiary/aromatic N) is 1. The molecule has 1 aliphatic rings. The summed E-state index contributed by atoms with van der Waals surface area (Å²) in [6, 6.07) is 2.66. The number of anilines is 1. The third-order valence-electron chi connectivity index (χ3n) is 3.90. The molecule has 0 bridgehead atoms. The fraction of sp³-hybridized carbons (Fsp3) is 0.312. The van der Waals surface area contributed by atoms with E-state index in [2.05, 4.69) is 10.3 Å². The van der Waals surface area contributed by atoms with Gasteiger partial charge in [0.1, 0.15) is 5.69 Å². The minimum Gasteiger partial charge on any atom is -0.478 e. The highest BCUT2D eigenvalue weighted by Gasteiger charge is 2.20. The van der Waals surface area contributed by atoms with Crippen molar-refractivity contribution in [1.29, 1.82) is 0 Å². The number of rotatable bonds is 3. The number of hydrogen-bond acceptors (Lipinski definition) is 4. The summed E-state index contributed by atoms with van der Waals surface area (Å²) in [5, 5.41) is 12.7. The van der Waals surface area contributed by atoms with Crippen LogP contribution < -0.4 is 5.32 Å². The second-order valence-corrected chi connectivity index (χ2v) is 6.46. The lowest BCUT2D eigenvalue weighted by Gasteiger charge is -2.10. The average molecular weight is 316 g/mol. The van der Waals surface area contributed by atoms with Gasteiger partial charge in [0.15, 0.2) is 0 Å². The van der Waals surface area contributed by atoms with E-state index in [-0.39, 0.29) is 17.2 Å². The zero-order valence-corrected chi connectivity index (χ0v) is 13.0. The normalized spacial score (nSPS) is 13.5. The van der Waals surface area contributed by atoms with E-state index in [1.165, 1.54) is 41.6 Å². The predicted octanol–water partition coefficient (Wildman–Crippen LogP) is 3.28. The van der Waals surface area contributed by atoms with Crippen molar-refractivity contribution in [1.82, 2.24) is 4.98 Å². The summed E-state index contributed by atoms with van der Waals surface area (Å²) >= 11 is 1.62. The van der Waals surface area contributed by atoms with E-state index in [0.717, 1.165) is 23.4 Å². The maximum absolute atomic E-state index is 12.3. The number of hydrogen-bond donors (Lipinski definition) is 2. The molecule has 3 rings (SSSR count). The SMILES string of the molecule is Cc1c(NC(=O)c2cc(C(=O)O)ccn2)sc2c1CCCC2. The fourth-order valence-corrected chi connectivity index (χ4v) is 3.99. The number of fused-ring (bicyclic) bond motifs is 1. The summed E-state index contributed by atoms with van der Waals surface area (Å²) in [5.74, 6) is -1.44. The highest BCUT2D eigenvalue weighted by molar-refractivity contribution is 7.16. The van der Waals surface area contributed by atoms with Gasteiger partial charge in [-0.25, -0.2) is 4.79 Å². The van der Waals surface area contributed by atoms with E-state index >= 15 is 0 Å². The Bertz CT molecular complexity index is 752. The molecule has 0 fully saturated rings. The lowest BCUT2D eigenvalue weighted by molar-refractivity contribution is 0.0696. The van der Waals surface area contributed by atoms with E-state index in [1.54, 1.807) is 11.3 Å². The number of carbonyl (C=O) groups is 2. The van der Waals surface area contributed by atoms with Crippen molar-refractivity contribution >= 4 is 28.2 Å². The molecule has 114 valence electrons. The molecular formula is C16H16N2O3S. The molecule has 2 heterocycles. The molecule has 6 heteroatoms. The molecule has 0 unspecified atom stereocenters. The van der Waals surface area contributed by atoms with Crippen LogP contribution in [-0.2, 0) is 12.8 Å². The van der Waals surface area contributed by atoms with E-state index in [1.807, 2.05) is 6.92 Å². The summed E-state index contributed by atoms with van der Waals surface area (Å²) in [6.45, 7) is 2.03. The highest BCUT2D eigenvalue weighted by Crippen LogP contribution is 2.37. The molecule has 0 atom stereocenters. The van der Waals surface area contributed by atoms with E-state index in [0.29, 0.717) is 0 Å². The van der Waals surface area contributed by atoms with Crippen LogP contribution in [0.2, 0.25) is 0 Å². The van der Waals surface area contributed by atoms with Gasteiger partial charge in [-0.05, 0) is 55.9 Å². The molecule has 2 aromatic rings. The molecule has 0 saturated heterocycles. The molecule has 0 radical (unpaired) electrons. The monoisotopic (exact) mass is 316 g/mol. The van der Waals surface area contributed by atoms with Crippen LogP contribution in [0.5, 0.6) is 0 Å². The van der Waals surface area contributed by atoms with Crippen LogP contribution in [0, 0.1) is 6.92 Å². The molecule has 0 aromatic carbocycles. The maximum atomic E-state index is 12.3. The van der Waals surface area contributed by atoms with Crippen molar-refractivity contribution in [3.8, 4) is 0 Å². The lowest BCUT2D eigenvalue weighted by atomic mass is 9.96. The summed E-state index contributed by atoms with van der Waals surface area (Å²) < 4.78 is 0. The molecule has 2 N–H and O–H groups in total. The third-order valence-corrected chi connectivity index (χ3v) is 5.21. The van der Waals surface area contributed by atoms with Gasteiger partial charge in [0.2, 0.25) is 0 Å². The summed E-state index contributed by atoms with van der Waals surface area (Å²) in [4.78, 5) is 28.6. The minimum atomic E-state index is -1.07. The van der Waals surface area contributed by atoms with E-state index < -0.39 is 5.97 Å². The van der Waals surface area contributed by atoms with Gasteiger partial charge in [0.05, 0.1) is 10.6 Å². The van der Waals surface area contributed by atoms with Crippen LogP contribution in [0.3, 0.4) is 0 Å². The Balaban J connectivity index is 1.84. The van der Waals surface area contributed by atoms with Crippen LogP contribution in [0.4, 0.5) is 5.00 Å². The molecule has 22 heavy (non-hydrogen) atoms. The van der Waals surface area contributed by atoms with Crippen molar-refractivity contribution < 1.29 is 14.7 Å².